The van der Waals surface area contributed by atoms with Gasteiger partial charge in [0.25, 0.3) is 0 Å². The van der Waals surface area contributed by atoms with Gasteiger partial charge in [-0.1, -0.05) is 17.2 Å². The molecule has 0 saturated carbocycles. The van der Waals surface area contributed by atoms with Gasteiger partial charge in [0, 0.05) is 12.8 Å². The lowest BCUT2D eigenvalue weighted by Crippen LogP contribution is -2.05. The number of carbonyl (C=O) groups excluding carboxylic acids is 1. The highest BCUT2D eigenvalue weighted by molar-refractivity contribution is 5.69. The fraction of sp³-hybridized carbons (Fsp3) is 0.625. The van der Waals surface area contributed by atoms with Gasteiger partial charge in [0.1, 0.15) is 6.61 Å². The Kier molecular flexibility index (Phi) is 10.4. The Labute approximate surface area is 121 Å². The Morgan fingerprint density at radius 1 is 1.00 bits per heavy atom. The molecule has 20 heavy (non-hydrogen) atoms. The molecule has 0 bridgehead atoms. The van der Waals surface area contributed by atoms with Crippen molar-refractivity contribution in [3.05, 3.63) is 23.3 Å². The Morgan fingerprint density at radius 3 is 2.25 bits per heavy atom. The van der Waals surface area contributed by atoms with E-state index in [-0.39, 0.29) is 18.8 Å². The molecule has 0 aliphatic rings. The number of allylic oxidation sites excluding steroid dienone is 3. The number of aliphatic carboxylic acids is 1. The maximum Gasteiger partial charge on any atom is 0.306 e. The van der Waals surface area contributed by atoms with Gasteiger partial charge in [0.05, 0.1) is 0 Å². The molecule has 0 rings (SSSR count). The molecule has 0 fully saturated rings. The van der Waals surface area contributed by atoms with Crippen LogP contribution in [0, 0.1) is 0 Å². The minimum atomic E-state index is -0.826. The molecule has 0 aromatic carbocycles. The maximum atomic E-state index is 11.4. The highest BCUT2D eigenvalue weighted by atomic mass is 16.5. The van der Waals surface area contributed by atoms with Crippen molar-refractivity contribution in [2.75, 3.05) is 6.61 Å². The monoisotopic (exact) mass is 282 g/mol. The fourth-order valence-electron chi connectivity index (χ4n) is 1.59. The minimum absolute atomic E-state index is 0.108. The number of esters is 1. The molecule has 0 heterocycles. The van der Waals surface area contributed by atoms with E-state index in [1.807, 2.05) is 13.0 Å². The van der Waals surface area contributed by atoms with E-state index in [0.717, 1.165) is 12.8 Å². The zero-order valence-corrected chi connectivity index (χ0v) is 12.8. The molecule has 0 unspecified atom stereocenters. The highest BCUT2D eigenvalue weighted by Gasteiger charge is 2.03. The van der Waals surface area contributed by atoms with Crippen LogP contribution in [0.1, 0.15) is 59.3 Å². The summed E-state index contributed by atoms with van der Waals surface area (Å²) in [6.45, 7) is 6.48. The Hall–Kier alpha value is -1.58. The molecule has 0 radical (unpaired) electrons. The summed E-state index contributed by atoms with van der Waals surface area (Å²) >= 11 is 0. The predicted octanol–water partition coefficient (Wildman–Crippen LogP) is 3.87. The molecule has 0 aromatic rings. The standard InChI is InChI=1S/C16H26O4/c1-13(2)7-6-8-14(3)11-12-20-16(19)10-5-4-9-15(17)18/h7,11H,4-6,8-10,12H2,1-3H3,(H,17,18). The van der Waals surface area contributed by atoms with E-state index < -0.39 is 5.97 Å². The Bertz CT molecular complexity index is 363. The molecule has 4 heteroatoms. The highest BCUT2D eigenvalue weighted by Crippen LogP contribution is 2.07. The van der Waals surface area contributed by atoms with E-state index >= 15 is 0 Å². The van der Waals surface area contributed by atoms with Crippen LogP contribution in [0.25, 0.3) is 0 Å². The van der Waals surface area contributed by atoms with Crippen molar-refractivity contribution in [3.8, 4) is 0 Å². The number of carboxylic acid groups (broad SMARTS) is 1. The van der Waals surface area contributed by atoms with Gasteiger partial charge in [-0.15, -0.1) is 0 Å². The van der Waals surface area contributed by atoms with Gasteiger partial charge in [0.2, 0.25) is 0 Å². The largest absolute Gasteiger partial charge is 0.481 e. The van der Waals surface area contributed by atoms with E-state index in [2.05, 4.69) is 19.9 Å². The summed E-state index contributed by atoms with van der Waals surface area (Å²) in [4.78, 5) is 21.7. The lowest BCUT2D eigenvalue weighted by molar-refractivity contribution is -0.143. The van der Waals surface area contributed by atoms with Gasteiger partial charge in [-0.3, -0.25) is 9.59 Å². The van der Waals surface area contributed by atoms with E-state index in [1.54, 1.807) is 0 Å². The second-order valence-electron chi connectivity index (χ2n) is 5.15. The number of unbranched alkanes of at least 4 members (excludes halogenated alkanes) is 1. The van der Waals surface area contributed by atoms with Crippen LogP contribution >= 0.6 is 0 Å². The quantitative estimate of drug-likeness (QED) is 0.375. The van der Waals surface area contributed by atoms with Gasteiger partial charge < -0.3 is 9.84 Å². The third-order valence-corrected chi connectivity index (χ3v) is 2.79. The predicted molar refractivity (Wildman–Crippen MR) is 79.5 cm³/mol. The molecule has 0 aliphatic carbocycles. The van der Waals surface area contributed by atoms with E-state index in [1.165, 1.54) is 11.1 Å². The third-order valence-electron chi connectivity index (χ3n) is 2.79. The smallest absolute Gasteiger partial charge is 0.306 e. The van der Waals surface area contributed by atoms with Crippen molar-refractivity contribution < 1.29 is 19.4 Å². The summed E-state index contributed by atoms with van der Waals surface area (Å²) in [5.74, 6) is -1.09. The first kappa shape index (κ1) is 18.4. The van der Waals surface area contributed by atoms with Crippen LogP contribution in [0.4, 0.5) is 0 Å². The first-order valence-corrected chi connectivity index (χ1v) is 7.08. The molecule has 1 N–H and O–H groups in total. The van der Waals surface area contributed by atoms with Gasteiger partial charge in [-0.25, -0.2) is 0 Å². The van der Waals surface area contributed by atoms with E-state index in [0.29, 0.717) is 19.4 Å². The van der Waals surface area contributed by atoms with Gasteiger partial charge in [0.15, 0.2) is 0 Å². The molecule has 4 nitrogen and oxygen atoms in total. The molecule has 0 spiro atoms. The molecule has 0 saturated heterocycles. The summed E-state index contributed by atoms with van der Waals surface area (Å²) in [6.07, 6.45) is 7.57. The first-order chi connectivity index (χ1) is 9.41. The molecular formula is C16H26O4. The molecule has 0 aliphatic heterocycles. The Morgan fingerprint density at radius 2 is 1.65 bits per heavy atom. The molecule has 0 amide bonds. The number of carbonyl (C=O) groups is 2. The van der Waals surface area contributed by atoms with Crippen molar-refractivity contribution in [1.29, 1.82) is 0 Å². The number of ether oxygens (including phenoxy) is 1. The lowest BCUT2D eigenvalue weighted by Gasteiger charge is -2.03. The molecule has 0 atom stereocenters. The minimum Gasteiger partial charge on any atom is -0.481 e. The second-order valence-corrected chi connectivity index (χ2v) is 5.15. The summed E-state index contributed by atoms with van der Waals surface area (Å²) in [7, 11) is 0. The van der Waals surface area contributed by atoms with Crippen molar-refractivity contribution in [1.82, 2.24) is 0 Å². The van der Waals surface area contributed by atoms with E-state index in [4.69, 9.17) is 9.84 Å². The number of hydrogen-bond donors (Lipinski definition) is 1. The summed E-state index contributed by atoms with van der Waals surface area (Å²) in [5.41, 5.74) is 2.52. The van der Waals surface area contributed by atoms with Crippen LogP contribution in [0.2, 0.25) is 0 Å². The van der Waals surface area contributed by atoms with Crippen LogP contribution in [-0.4, -0.2) is 23.7 Å². The van der Waals surface area contributed by atoms with Crippen LogP contribution in [0.15, 0.2) is 23.3 Å². The molecule has 114 valence electrons. The van der Waals surface area contributed by atoms with Gasteiger partial charge in [-0.2, -0.15) is 0 Å². The molecular weight excluding hydrogens is 256 g/mol. The van der Waals surface area contributed by atoms with Gasteiger partial charge >= 0.3 is 11.9 Å². The lowest BCUT2D eigenvalue weighted by atomic mass is 10.1. The zero-order chi connectivity index (χ0) is 15.4. The summed E-state index contributed by atoms with van der Waals surface area (Å²) in [5, 5.41) is 8.46. The van der Waals surface area contributed by atoms with Crippen LogP contribution in [-0.2, 0) is 14.3 Å². The number of hydrogen-bond acceptors (Lipinski definition) is 3. The van der Waals surface area contributed by atoms with Crippen molar-refractivity contribution >= 4 is 11.9 Å². The average Bonchev–Trinajstić information content (AvgIpc) is 2.34. The van der Waals surface area contributed by atoms with E-state index in [9.17, 15) is 9.59 Å². The topological polar surface area (TPSA) is 63.6 Å². The van der Waals surface area contributed by atoms with Crippen molar-refractivity contribution in [2.24, 2.45) is 0 Å². The van der Waals surface area contributed by atoms with Crippen LogP contribution in [0.3, 0.4) is 0 Å². The number of rotatable bonds is 10. The normalized spacial score (nSPS) is 11.1. The van der Waals surface area contributed by atoms with Crippen LogP contribution in [0.5, 0.6) is 0 Å². The first-order valence-electron chi connectivity index (χ1n) is 7.08. The fourth-order valence-corrected chi connectivity index (χ4v) is 1.59. The van der Waals surface area contributed by atoms with Crippen molar-refractivity contribution in [2.45, 2.75) is 59.3 Å². The van der Waals surface area contributed by atoms with Gasteiger partial charge in [-0.05, 0) is 52.5 Å². The maximum absolute atomic E-state index is 11.4. The third kappa shape index (κ3) is 12.9. The zero-order valence-electron chi connectivity index (χ0n) is 12.8. The summed E-state index contributed by atoms with van der Waals surface area (Å²) < 4.78 is 5.07. The Balaban J connectivity index is 3.68. The number of carboxylic acids is 1. The van der Waals surface area contributed by atoms with Crippen molar-refractivity contribution in [3.63, 3.8) is 0 Å². The van der Waals surface area contributed by atoms with Crippen LogP contribution < -0.4 is 0 Å². The second kappa shape index (κ2) is 11.3. The SMILES string of the molecule is CC(C)=CCCC(C)=CCOC(=O)CCCCC(=O)O. The molecule has 0 aromatic heterocycles. The summed E-state index contributed by atoms with van der Waals surface area (Å²) in [6, 6.07) is 0. The average molecular weight is 282 g/mol.